The lowest BCUT2D eigenvalue weighted by Crippen LogP contribution is -2.32. The Balaban J connectivity index is 1.89. The van der Waals surface area contributed by atoms with E-state index in [1.807, 2.05) is 6.20 Å². The highest BCUT2D eigenvalue weighted by atomic mass is 35.5. The van der Waals surface area contributed by atoms with Crippen LogP contribution in [0.3, 0.4) is 0 Å². The minimum absolute atomic E-state index is 0.697. The molecule has 1 saturated carbocycles. The largest absolute Gasteiger partial charge is 0.352 e. The Labute approximate surface area is 102 Å². The smallest absolute Gasteiger partial charge is 0.147 e. The van der Waals surface area contributed by atoms with Crippen LogP contribution in [0.15, 0.2) is 12.3 Å². The molecule has 16 heavy (non-hydrogen) atoms. The lowest BCUT2D eigenvalue weighted by Gasteiger charge is -2.28. The van der Waals surface area contributed by atoms with Crippen molar-refractivity contribution in [2.24, 2.45) is 5.92 Å². The molecule has 2 unspecified atom stereocenters. The number of pyridine rings is 1. The third kappa shape index (κ3) is 1.60. The van der Waals surface area contributed by atoms with Gasteiger partial charge in [-0.05, 0) is 43.2 Å². The van der Waals surface area contributed by atoms with Crippen LogP contribution in [0.4, 0.5) is 5.82 Å². The lowest BCUT2D eigenvalue weighted by molar-refractivity contribution is 0.550. The van der Waals surface area contributed by atoms with E-state index in [0.717, 1.165) is 29.7 Å². The standard InChI is InChI=1S/C13H17ClN2/c1-2-9-6-12(14)13(15-7-9)16-8-10-3-4-11(16)5-10/h6-7,10-11H,2-5,8H2,1H3. The monoisotopic (exact) mass is 236 g/mol. The first-order chi connectivity index (χ1) is 7.78. The maximum absolute atomic E-state index is 6.32. The third-order valence-electron chi connectivity index (χ3n) is 3.97. The van der Waals surface area contributed by atoms with Gasteiger partial charge in [-0.3, -0.25) is 0 Å². The average Bonchev–Trinajstić information content (AvgIpc) is 2.90. The summed E-state index contributed by atoms with van der Waals surface area (Å²) >= 11 is 6.32. The zero-order valence-corrected chi connectivity index (χ0v) is 10.4. The van der Waals surface area contributed by atoms with E-state index in [1.54, 1.807) is 0 Å². The highest BCUT2D eigenvalue weighted by molar-refractivity contribution is 6.33. The van der Waals surface area contributed by atoms with Gasteiger partial charge in [-0.25, -0.2) is 4.98 Å². The summed E-state index contributed by atoms with van der Waals surface area (Å²) < 4.78 is 0. The first-order valence-corrected chi connectivity index (χ1v) is 6.56. The van der Waals surface area contributed by atoms with Gasteiger partial charge >= 0.3 is 0 Å². The van der Waals surface area contributed by atoms with Crippen LogP contribution in [0.1, 0.15) is 31.7 Å². The van der Waals surface area contributed by atoms with Gasteiger partial charge in [-0.15, -0.1) is 0 Å². The van der Waals surface area contributed by atoms with Crippen LogP contribution in [0.2, 0.25) is 5.02 Å². The Hall–Kier alpha value is -0.760. The molecular formula is C13H17ClN2. The van der Waals surface area contributed by atoms with E-state index in [4.69, 9.17) is 11.6 Å². The van der Waals surface area contributed by atoms with E-state index < -0.39 is 0 Å². The number of piperidine rings is 1. The fourth-order valence-electron chi connectivity index (χ4n) is 3.06. The van der Waals surface area contributed by atoms with Crippen molar-refractivity contribution in [3.05, 3.63) is 22.8 Å². The number of fused-ring (bicyclic) bond motifs is 2. The molecule has 86 valence electrons. The van der Waals surface area contributed by atoms with E-state index in [2.05, 4.69) is 22.9 Å². The number of hydrogen-bond acceptors (Lipinski definition) is 2. The van der Waals surface area contributed by atoms with E-state index in [9.17, 15) is 0 Å². The van der Waals surface area contributed by atoms with Crippen molar-refractivity contribution < 1.29 is 0 Å². The molecule has 0 spiro atoms. The number of anilines is 1. The predicted molar refractivity (Wildman–Crippen MR) is 67.1 cm³/mol. The lowest BCUT2D eigenvalue weighted by atomic mass is 10.1. The quantitative estimate of drug-likeness (QED) is 0.784. The molecule has 0 radical (unpaired) electrons. The van der Waals surface area contributed by atoms with Crippen LogP contribution in [0.5, 0.6) is 0 Å². The molecule has 1 aromatic rings. The molecule has 2 fully saturated rings. The number of rotatable bonds is 2. The Morgan fingerprint density at radius 1 is 1.50 bits per heavy atom. The fourth-order valence-corrected chi connectivity index (χ4v) is 3.36. The first-order valence-electron chi connectivity index (χ1n) is 6.19. The molecule has 2 aliphatic rings. The molecular weight excluding hydrogens is 220 g/mol. The Morgan fingerprint density at radius 3 is 2.94 bits per heavy atom. The number of aromatic nitrogens is 1. The summed E-state index contributed by atoms with van der Waals surface area (Å²) in [7, 11) is 0. The molecule has 0 amide bonds. The number of halogens is 1. The maximum atomic E-state index is 6.32. The predicted octanol–water partition coefficient (Wildman–Crippen LogP) is 3.29. The molecule has 1 saturated heterocycles. The second-order valence-corrected chi connectivity index (χ2v) is 5.40. The summed E-state index contributed by atoms with van der Waals surface area (Å²) in [5, 5.41) is 0.826. The summed E-state index contributed by atoms with van der Waals surface area (Å²) in [6.45, 7) is 3.29. The molecule has 2 heterocycles. The summed E-state index contributed by atoms with van der Waals surface area (Å²) in [4.78, 5) is 6.96. The van der Waals surface area contributed by atoms with Gasteiger partial charge in [-0.1, -0.05) is 18.5 Å². The molecule has 1 aliphatic carbocycles. The van der Waals surface area contributed by atoms with E-state index in [-0.39, 0.29) is 0 Å². The van der Waals surface area contributed by atoms with Gasteiger partial charge in [0.05, 0.1) is 5.02 Å². The fraction of sp³-hybridized carbons (Fsp3) is 0.615. The summed E-state index contributed by atoms with van der Waals surface area (Å²) in [5.41, 5.74) is 1.22. The molecule has 2 nitrogen and oxygen atoms in total. The second kappa shape index (κ2) is 3.92. The third-order valence-corrected chi connectivity index (χ3v) is 4.25. The highest BCUT2D eigenvalue weighted by Gasteiger charge is 2.38. The van der Waals surface area contributed by atoms with E-state index in [0.29, 0.717) is 6.04 Å². The number of hydrogen-bond donors (Lipinski definition) is 0. The Bertz CT molecular complexity index is 405. The van der Waals surface area contributed by atoms with Crippen LogP contribution < -0.4 is 4.90 Å². The van der Waals surface area contributed by atoms with Crippen molar-refractivity contribution in [3.63, 3.8) is 0 Å². The molecule has 1 aromatic heterocycles. The van der Waals surface area contributed by atoms with Crippen LogP contribution in [-0.2, 0) is 6.42 Å². The Morgan fingerprint density at radius 2 is 2.38 bits per heavy atom. The molecule has 2 bridgehead atoms. The minimum Gasteiger partial charge on any atom is -0.352 e. The van der Waals surface area contributed by atoms with Gasteiger partial charge in [0.2, 0.25) is 0 Å². The first kappa shape index (κ1) is 10.4. The van der Waals surface area contributed by atoms with Gasteiger partial charge in [0.25, 0.3) is 0 Å². The van der Waals surface area contributed by atoms with E-state index in [1.165, 1.54) is 24.8 Å². The maximum Gasteiger partial charge on any atom is 0.147 e. The molecule has 3 rings (SSSR count). The van der Waals surface area contributed by atoms with Crippen LogP contribution >= 0.6 is 11.6 Å². The van der Waals surface area contributed by atoms with Crippen molar-refractivity contribution in [3.8, 4) is 0 Å². The van der Waals surface area contributed by atoms with Crippen LogP contribution in [-0.4, -0.2) is 17.6 Å². The second-order valence-electron chi connectivity index (χ2n) is 4.99. The van der Waals surface area contributed by atoms with Crippen molar-refractivity contribution in [1.82, 2.24) is 4.98 Å². The van der Waals surface area contributed by atoms with Crippen LogP contribution in [0, 0.1) is 5.92 Å². The molecule has 2 atom stereocenters. The topological polar surface area (TPSA) is 16.1 Å². The molecule has 0 N–H and O–H groups in total. The normalized spacial score (nSPS) is 27.8. The minimum atomic E-state index is 0.697. The van der Waals surface area contributed by atoms with Crippen molar-refractivity contribution in [2.45, 2.75) is 38.6 Å². The Kier molecular flexibility index (Phi) is 2.55. The number of aryl methyl sites for hydroxylation is 1. The summed E-state index contributed by atoms with van der Waals surface area (Å²) in [6, 6.07) is 2.76. The molecule has 0 aromatic carbocycles. The van der Waals surface area contributed by atoms with Gasteiger partial charge in [-0.2, -0.15) is 0 Å². The van der Waals surface area contributed by atoms with E-state index >= 15 is 0 Å². The molecule has 3 heteroatoms. The number of nitrogens with zero attached hydrogens (tertiary/aromatic N) is 2. The van der Waals surface area contributed by atoms with Crippen LogP contribution in [0.25, 0.3) is 0 Å². The molecule has 1 aliphatic heterocycles. The average molecular weight is 237 g/mol. The van der Waals surface area contributed by atoms with Crippen molar-refractivity contribution in [1.29, 1.82) is 0 Å². The van der Waals surface area contributed by atoms with Gasteiger partial charge in [0.15, 0.2) is 0 Å². The zero-order chi connectivity index (χ0) is 11.1. The van der Waals surface area contributed by atoms with Crippen molar-refractivity contribution in [2.75, 3.05) is 11.4 Å². The van der Waals surface area contributed by atoms with Gasteiger partial charge in [0.1, 0.15) is 5.82 Å². The van der Waals surface area contributed by atoms with Gasteiger partial charge < -0.3 is 4.90 Å². The highest BCUT2D eigenvalue weighted by Crippen LogP contribution is 2.41. The van der Waals surface area contributed by atoms with Gasteiger partial charge in [0, 0.05) is 18.8 Å². The summed E-state index contributed by atoms with van der Waals surface area (Å²) in [5.74, 6) is 1.89. The zero-order valence-electron chi connectivity index (χ0n) is 9.62. The summed E-state index contributed by atoms with van der Waals surface area (Å²) in [6.07, 6.45) is 7.02. The SMILES string of the molecule is CCc1cnc(N2CC3CCC2C3)c(Cl)c1. The van der Waals surface area contributed by atoms with Crippen molar-refractivity contribution >= 4 is 17.4 Å².